The second-order valence-electron chi connectivity index (χ2n) is 9.20. The minimum atomic E-state index is -0.977. The molecule has 0 saturated carbocycles. The molecule has 0 amide bonds. The molecule has 176 valence electrons. The van der Waals surface area contributed by atoms with E-state index in [0.29, 0.717) is 67.9 Å². The van der Waals surface area contributed by atoms with Crippen molar-refractivity contribution >= 4 is 49.4 Å². The van der Waals surface area contributed by atoms with Crippen LogP contribution in [0.4, 0.5) is 0 Å². The van der Waals surface area contributed by atoms with Crippen molar-refractivity contribution in [2.24, 2.45) is 5.92 Å². The number of allylic oxidation sites excluding steroid dienone is 4. The molecule has 1 heterocycles. The number of hydrogen-bond acceptors (Lipinski definition) is 5. The maximum atomic E-state index is 13.3. The van der Waals surface area contributed by atoms with Gasteiger partial charge in [-0.3, -0.25) is 14.4 Å². The summed E-state index contributed by atoms with van der Waals surface area (Å²) in [5.41, 5.74) is 3.36. The van der Waals surface area contributed by atoms with Crippen LogP contribution in [-0.2, 0) is 14.4 Å². The van der Waals surface area contributed by atoms with Gasteiger partial charge in [-0.05, 0) is 59.7 Å². The number of Topliss-reactive ketones (excluding diaryl/α,β-unsaturated/α-hetero) is 2. The van der Waals surface area contributed by atoms with Crippen molar-refractivity contribution < 1.29 is 24.2 Å². The van der Waals surface area contributed by atoms with Crippen molar-refractivity contribution in [3.05, 3.63) is 49.2 Å². The van der Waals surface area contributed by atoms with Crippen molar-refractivity contribution in [1.82, 2.24) is 4.90 Å². The second kappa shape index (κ2) is 9.74. The van der Waals surface area contributed by atoms with Crippen molar-refractivity contribution in [2.75, 3.05) is 13.2 Å². The molecule has 0 radical (unpaired) electrons. The van der Waals surface area contributed by atoms with Crippen LogP contribution < -0.4 is 4.74 Å². The molecule has 0 bridgehead atoms. The normalized spacial score (nSPS) is 19.2. The zero-order valence-electron chi connectivity index (χ0n) is 18.7. The number of benzene rings is 1. The lowest BCUT2D eigenvalue weighted by Gasteiger charge is -2.43. The van der Waals surface area contributed by atoms with Crippen LogP contribution in [0, 0.1) is 5.92 Å². The van der Waals surface area contributed by atoms with Gasteiger partial charge in [0, 0.05) is 51.3 Å². The third kappa shape index (κ3) is 4.69. The largest absolute Gasteiger partial charge is 0.492 e. The predicted molar refractivity (Wildman–Crippen MR) is 131 cm³/mol. The summed E-state index contributed by atoms with van der Waals surface area (Å²) in [7, 11) is 0. The summed E-state index contributed by atoms with van der Waals surface area (Å²) in [6.07, 6.45) is 3.38. The van der Waals surface area contributed by atoms with E-state index in [0.717, 1.165) is 25.9 Å². The zero-order valence-corrected chi connectivity index (χ0v) is 21.9. The van der Waals surface area contributed by atoms with E-state index < -0.39 is 11.9 Å². The van der Waals surface area contributed by atoms with E-state index >= 15 is 0 Å². The number of carboxylic acid groups (broad SMARTS) is 1. The third-order valence-electron chi connectivity index (χ3n) is 6.29. The molecule has 0 aromatic heterocycles. The zero-order chi connectivity index (χ0) is 23.9. The van der Waals surface area contributed by atoms with Gasteiger partial charge in [0.05, 0.1) is 11.1 Å². The van der Waals surface area contributed by atoms with Gasteiger partial charge >= 0.3 is 5.97 Å². The fourth-order valence-electron chi connectivity index (χ4n) is 5.05. The molecule has 1 aromatic carbocycles. The standard InChI is InChI=1S/C25H27Br2NO5/c1-13(2)12-33-25-15(9-14(26)10-16(25)27)22-23-17(5-3-7-19(23)29)28(11-21(31)32)18-6-4-8-20(30)24(18)22/h9-10,13,22H,3-8,11-12H2,1-2H3,(H,31,32). The van der Waals surface area contributed by atoms with E-state index in [-0.39, 0.29) is 18.1 Å². The van der Waals surface area contributed by atoms with E-state index in [4.69, 9.17) is 4.74 Å². The molecule has 1 aliphatic heterocycles. The number of ether oxygens (including phenoxy) is 1. The highest BCUT2D eigenvalue weighted by molar-refractivity contribution is 9.11. The smallest absolute Gasteiger partial charge is 0.323 e. The van der Waals surface area contributed by atoms with Crippen molar-refractivity contribution in [1.29, 1.82) is 0 Å². The van der Waals surface area contributed by atoms with Crippen LogP contribution in [0.5, 0.6) is 5.75 Å². The Kier molecular flexibility index (Phi) is 7.15. The monoisotopic (exact) mass is 579 g/mol. The molecule has 4 rings (SSSR count). The minimum absolute atomic E-state index is 0.0209. The molecular formula is C25H27Br2NO5. The van der Waals surface area contributed by atoms with Crippen LogP contribution in [0.2, 0.25) is 0 Å². The first-order chi connectivity index (χ1) is 15.7. The summed E-state index contributed by atoms with van der Waals surface area (Å²) in [6.45, 7) is 4.37. The first-order valence-corrected chi connectivity index (χ1v) is 12.9. The van der Waals surface area contributed by atoms with Crippen LogP contribution in [0.15, 0.2) is 43.6 Å². The van der Waals surface area contributed by atoms with Gasteiger partial charge in [0.25, 0.3) is 0 Å². The highest BCUT2D eigenvalue weighted by Crippen LogP contribution is 2.52. The average molecular weight is 581 g/mol. The molecular weight excluding hydrogens is 554 g/mol. The van der Waals surface area contributed by atoms with Gasteiger partial charge in [0.15, 0.2) is 11.6 Å². The average Bonchev–Trinajstić information content (AvgIpc) is 2.73. The van der Waals surface area contributed by atoms with E-state index in [1.165, 1.54) is 0 Å². The number of carbonyl (C=O) groups is 3. The van der Waals surface area contributed by atoms with Crippen LogP contribution in [-0.4, -0.2) is 40.7 Å². The molecule has 0 atom stereocenters. The number of carboxylic acids is 1. The van der Waals surface area contributed by atoms with Crippen LogP contribution in [0.1, 0.15) is 63.9 Å². The van der Waals surface area contributed by atoms with Gasteiger partial charge in [-0.1, -0.05) is 29.8 Å². The van der Waals surface area contributed by atoms with Gasteiger partial charge in [-0.25, -0.2) is 0 Å². The highest BCUT2D eigenvalue weighted by Gasteiger charge is 2.44. The number of rotatable bonds is 6. The molecule has 8 heteroatoms. The van der Waals surface area contributed by atoms with E-state index in [1.54, 1.807) is 4.90 Å². The van der Waals surface area contributed by atoms with Gasteiger partial charge in [-0.15, -0.1) is 0 Å². The van der Waals surface area contributed by atoms with Crippen molar-refractivity contribution in [3.63, 3.8) is 0 Å². The fraction of sp³-hybridized carbons (Fsp3) is 0.480. The minimum Gasteiger partial charge on any atom is -0.492 e. The molecule has 0 spiro atoms. The van der Waals surface area contributed by atoms with Crippen LogP contribution >= 0.6 is 31.9 Å². The Labute approximate surface area is 210 Å². The highest BCUT2D eigenvalue weighted by atomic mass is 79.9. The second-order valence-corrected chi connectivity index (χ2v) is 11.0. The molecule has 0 unspecified atom stereocenters. The maximum Gasteiger partial charge on any atom is 0.323 e. The molecule has 6 nitrogen and oxygen atoms in total. The number of ketones is 2. The van der Waals surface area contributed by atoms with E-state index in [1.807, 2.05) is 12.1 Å². The lowest BCUT2D eigenvalue weighted by molar-refractivity contribution is -0.138. The molecule has 1 aromatic rings. The van der Waals surface area contributed by atoms with Gasteiger partial charge in [-0.2, -0.15) is 0 Å². The summed E-state index contributed by atoms with van der Waals surface area (Å²) >= 11 is 7.19. The SMILES string of the molecule is CC(C)COc1c(Br)cc(Br)cc1C1C2=C(CCCC2=O)N(CC(=O)O)C2=C1C(=O)CCC2. The fourth-order valence-corrected chi connectivity index (χ4v) is 6.42. The molecule has 33 heavy (non-hydrogen) atoms. The Morgan fingerprint density at radius 3 is 2.15 bits per heavy atom. The summed E-state index contributed by atoms with van der Waals surface area (Å²) in [5.74, 6) is -0.659. The maximum absolute atomic E-state index is 13.3. The van der Waals surface area contributed by atoms with E-state index in [2.05, 4.69) is 45.7 Å². The number of halogens is 2. The first kappa shape index (κ1) is 24.2. The number of aliphatic carboxylic acids is 1. The molecule has 3 aliphatic rings. The van der Waals surface area contributed by atoms with Gasteiger partial charge in [0.1, 0.15) is 12.3 Å². The Bertz CT molecular complexity index is 1040. The van der Waals surface area contributed by atoms with Gasteiger partial charge < -0.3 is 14.7 Å². The topological polar surface area (TPSA) is 83.9 Å². The Morgan fingerprint density at radius 2 is 1.64 bits per heavy atom. The van der Waals surface area contributed by atoms with E-state index in [9.17, 15) is 19.5 Å². The molecule has 2 aliphatic carbocycles. The Hall–Kier alpha value is -1.93. The first-order valence-electron chi connectivity index (χ1n) is 11.3. The van der Waals surface area contributed by atoms with Gasteiger partial charge in [0.2, 0.25) is 0 Å². The third-order valence-corrected chi connectivity index (χ3v) is 7.34. The number of hydrogen-bond donors (Lipinski definition) is 1. The summed E-state index contributed by atoms with van der Waals surface area (Å²) < 4.78 is 7.77. The molecule has 0 saturated heterocycles. The van der Waals surface area contributed by atoms with Crippen LogP contribution in [0.25, 0.3) is 0 Å². The quantitative estimate of drug-likeness (QED) is 0.461. The summed E-state index contributed by atoms with van der Waals surface area (Å²) in [5, 5.41) is 9.61. The predicted octanol–water partition coefficient (Wildman–Crippen LogP) is 5.74. The van der Waals surface area contributed by atoms with Crippen LogP contribution in [0.3, 0.4) is 0 Å². The Balaban J connectivity index is 1.98. The lowest BCUT2D eigenvalue weighted by atomic mass is 9.70. The summed E-state index contributed by atoms with van der Waals surface area (Å²) in [6, 6.07) is 3.83. The summed E-state index contributed by atoms with van der Waals surface area (Å²) in [4.78, 5) is 40.2. The van der Waals surface area contributed by atoms with Crippen molar-refractivity contribution in [2.45, 2.75) is 58.3 Å². The van der Waals surface area contributed by atoms with Crippen molar-refractivity contribution in [3.8, 4) is 5.75 Å². The number of nitrogens with zero attached hydrogens (tertiary/aromatic N) is 1. The molecule has 1 N–H and O–H groups in total. The Morgan fingerprint density at radius 1 is 1.06 bits per heavy atom. The lowest BCUT2D eigenvalue weighted by Crippen LogP contribution is -2.41. The number of carbonyl (C=O) groups excluding carboxylic acids is 2. The molecule has 0 fully saturated rings.